The van der Waals surface area contributed by atoms with Crippen LogP contribution in [0.1, 0.15) is 20.3 Å². The summed E-state index contributed by atoms with van der Waals surface area (Å²) in [5, 5.41) is 2.73. The fourth-order valence-electron chi connectivity index (χ4n) is 1.46. The number of anilines is 2. The number of rotatable bonds is 6. The average Bonchev–Trinajstić information content (AvgIpc) is 2.32. The van der Waals surface area contributed by atoms with Crippen LogP contribution in [0.3, 0.4) is 0 Å². The average molecular weight is 347 g/mol. The summed E-state index contributed by atoms with van der Waals surface area (Å²) in [6.07, 6.45) is 0.969. The molecular formula is C13H19BrN2O2S. The van der Waals surface area contributed by atoms with Crippen LogP contribution in [0, 0.1) is 5.92 Å². The number of hydrogen-bond donors (Lipinski definition) is 2. The molecule has 0 saturated heterocycles. The van der Waals surface area contributed by atoms with Crippen molar-refractivity contribution in [3.63, 3.8) is 0 Å². The topological polar surface area (TPSA) is 72.2 Å². The van der Waals surface area contributed by atoms with Crippen molar-refractivity contribution in [1.82, 2.24) is 0 Å². The van der Waals surface area contributed by atoms with E-state index < -0.39 is 10.8 Å². The van der Waals surface area contributed by atoms with Gasteiger partial charge in [0.25, 0.3) is 0 Å². The first-order chi connectivity index (χ1) is 8.92. The highest BCUT2D eigenvalue weighted by Crippen LogP contribution is 2.24. The Labute approximate surface area is 124 Å². The molecule has 1 amide bonds. The lowest BCUT2D eigenvalue weighted by Gasteiger charge is -2.10. The minimum Gasteiger partial charge on any atom is -0.399 e. The van der Waals surface area contributed by atoms with E-state index in [0.29, 0.717) is 27.5 Å². The summed E-state index contributed by atoms with van der Waals surface area (Å²) < 4.78 is 12.5. The highest BCUT2D eigenvalue weighted by molar-refractivity contribution is 9.10. The van der Waals surface area contributed by atoms with Gasteiger partial charge in [-0.05, 0) is 40.0 Å². The normalized spacial score (nSPS) is 13.8. The third-order valence-corrected chi connectivity index (χ3v) is 4.91. The molecule has 0 aliphatic heterocycles. The van der Waals surface area contributed by atoms with Crippen molar-refractivity contribution in [3.05, 3.63) is 22.7 Å². The molecule has 0 aliphatic carbocycles. The number of benzene rings is 1. The zero-order chi connectivity index (χ0) is 14.4. The van der Waals surface area contributed by atoms with Crippen LogP contribution in [-0.2, 0) is 15.6 Å². The van der Waals surface area contributed by atoms with E-state index in [-0.39, 0.29) is 11.7 Å². The van der Waals surface area contributed by atoms with E-state index in [1.54, 1.807) is 18.2 Å². The van der Waals surface area contributed by atoms with E-state index in [0.717, 1.165) is 6.42 Å². The number of carbonyl (C=O) groups excluding carboxylic acids is 1. The molecule has 0 aromatic heterocycles. The highest BCUT2D eigenvalue weighted by Gasteiger charge is 2.12. The van der Waals surface area contributed by atoms with Crippen LogP contribution < -0.4 is 11.1 Å². The van der Waals surface area contributed by atoms with Crippen LogP contribution in [-0.4, -0.2) is 21.6 Å². The van der Waals surface area contributed by atoms with Gasteiger partial charge in [-0.2, -0.15) is 0 Å². The van der Waals surface area contributed by atoms with Crippen molar-refractivity contribution < 1.29 is 9.00 Å². The van der Waals surface area contributed by atoms with Crippen molar-refractivity contribution >= 4 is 44.0 Å². The number of nitrogens with two attached hydrogens (primary N) is 1. The van der Waals surface area contributed by atoms with Gasteiger partial charge in [0.2, 0.25) is 5.91 Å². The fraction of sp³-hybridized carbons (Fsp3) is 0.462. The van der Waals surface area contributed by atoms with Gasteiger partial charge in [0, 0.05) is 26.7 Å². The molecule has 0 aliphatic rings. The molecule has 0 radical (unpaired) electrons. The SMILES string of the molecule is CCC(C)CS(=O)CC(=O)Nc1ccc(N)cc1Br. The number of nitrogens with one attached hydrogen (secondary N) is 1. The summed E-state index contributed by atoms with van der Waals surface area (Å²) >= 11 is 3.32. The number of amides is 1. The molecule has 1 aromatic carbocycles. The molecule has 0 spiro atoms. The zero-order valence-corrected chi connectivity index (χ0v) is 13.5. The molecule has 4 nitrogen and oxygen atoms in total. The molecule has 0 fully saturated rings. The first-order valence-electron chi connectivity index (χ1n) is 6.12. The lowest BCUT2D eigenvalue weighted by atomic mass is 10.2. The monoisotopic (exact) mass is 346 g/mol. The quantitative estimate of drug-likeness (QED) is 0.778. The van der Waals surface area contributed by atoms with Gasteiger partial charge in [-0.25, -0.2) is 0 Å². The van der Waals surface area contributed by atoms with Crippen molar-refractivity contribution in [2.75, 3.05) is 22.6 Å². The molecule has 2 atom stereocenters. The molecule has 3 N–H and O–H groups in total. The Kier molecular flexibility index (Phi) is 6.51. The Morgan fingerprint density at radius 3 is 2.79 bits per heavy atom. The lowest BCUT2D eigenvalue weighted by molar-refractivity contribution is -0.113. The number of nitrogen functional groups attached to an aromatic ring is 1. The lowest BCUT2D eigenvalue weighted by Crippen LogP contribution is -2.22. The second-order valence-corrected chi connectivity index (χ2v) is 6.91. The fourth-order valence-corrected chi connectivity index (χ4v) is 3.31. The Balaban J connectivity index is 2.53. The Hall–Kier alpha value is -0.880. The summed E-state index contributed by atoms with van der Waals surface area (Å²) in [4.78, 5) is 11.8. The Morgan fingerprint density at radius 2 is 2.21 bits per heavy atom. The largest absolute Gasteiger partial charge is 0.399 e. The van der Waals surface area contributed by atoms with Crippen LogP contribution in [0.25, 0.3) is 0 Å². The maximum absolute atomic E-state index is 11.8. The molecule has 106 valence electrons. The van der Waals surface area contributed by atoms with Gasteiger partial charge in [0.1, 0.15) is 5.75 Å². The molecule has 6 heteroatoms. The first-order valence-corrected chi connectivity index (χ1v) is 8.40. The predicted octanol–water partition coefficient (Wildman–Crippen LogP) is 2.76. The van der Waals surface area contributed by atoms with Crippen LogP contribution in [0.5, 0.6) is 0 Å². The van der Waals surface area contributed by atoms with E-state index in [9.17, 15) is 9.00 Å². The zero-order valence-electron chi connectivity index (χ0n) is 11.1. The van der Waals surface area contributed by atoms with Gasteiger partial charge in [0.05, 0.1) is 5.69 Å². The predicted molar refractivity (Wildman–Crippen MR) is 84.5 cm³/mol. The van der Waals surface area contributed by atoms with Gasteiger partial charge in [0.15, 0.2) is 0 Å². The third kappa shape index (κ3) is 5.74. The molecular weight excluding hydrogens is 328 g/mol. The van der Waals surface area contributed by atoms with Crippen LogP contribution in [0.4, 0.5) is 11.4 Å². The smallest absolute Gasteiger partial charge is 0.237 e. The second kappa shape index (κ2) is 7.65. The molecule has 1 rings (SSSR count). The Bertz CT molecular complexity index is 480. The summed E-state index contributed by atoms with van der Waals surface area (Å²) in [5.74, 6) is 0.720. The van der Waals surface area contributed by atoms with Crippen LogP contribution in [0.2, 0.25) is 0 Å². The van der Waals surface area contributed by atoms with E-state index in [2.05, 4.69) is 21.2 Å². The second-order valence-electron chi connectivity index (χ2n) is 4.55. The minimum atomic E-state index is -1.12. The molecule has 0 heterocycles. The van der Waals surface area contributed by atoms with Gasteiger partial charge < -0.3 is 11.1 Å². The molecule has 1 aromatic rings. The Morgan fingerprint density at radius 1 is 1.53 bits per heavy atom. The van der Waals surface area contributed by atoms with Gasteiger partial charge in [-0.1, -0.05) is 20.3 Å². The van der Waals surface area contributed by atoms with E-state index >= 15 is 0 Å². The summed E-state index contributed by atoms with van der Waals surface area (Å²) in [5.41, 5.74) is 6.87. The third-order valence-electron chi connectivity index (χ3n) is 2.73. The molecule has 2 unspecified atom stereocenters. The first kappa shape index (κ1) is 16.2. The number of carbonyl (C=O) groups is 1. The maximum Gasteiger partial charge on any atom is 0.237 e. The van der Waals surface area contributed by atoms with Crippen LogP contribution in [0.15, 0.2) is 22.7 Å². The minimum absolute atomic E-state index is 0.0289. The van der Waals surface area contributed by atoms with E-state index in [1.165, 1.54) is 0 Å². The van der Waals surface area contributed by atoms with Crippen molar-refractivity contribution in [2.24, 2.45) is 5.92 Å². The van der Waals surface area contributed by atoms with Crippen molar-refractivity contribution in [3.8, 4) is 0 Å². The number of halogens is 1. The summed E-state index contributed by atoms with van der Waals surface area (Å²) in [6.45, 7) is 4.08. The summed E-state index contributed by atoms with van der Waals surface area (Å²) in [6, 6.07) is 5.14. The molecule has 0 bridgehead atoms. The molecule has 0 saturated carbocycles. The van der Waals surface area contributed by atoms with Crippen molar-refractivity contribution in [2.45, 2.75) is 20.3 Å². The molecule has 19 heavy (non-hydrogen) atoms. The van der Waals surface area contributed by atoms with Crippen LogP contribution >= 0.6 is 15.9 Å². The van der Waals surface area contributed by atoms with E-state index in [4.69, 9.17) is 5.73 Å². The number of hydrogen-bond acceptors (Lipinski definition) is 3. The van der Waals surface area contributed by atoms with E-state index in [1.807, 2.05) is 13.8 Å². The maximum atomic E-state index is 11.8. The van der Waals surface area contributed by atoms with Gasteiger partial charge in [-0.3, -0.25) is 9.00 Å². The summed E-state index contributed by atoms with van der Waals surface area (Å²) in [7, 11) is -1.12. The van der Waals surface area contributed by atoms with Gasteiger partial charge >= 0.3 is 0 Å². The standard InChI is InChI=1S/C13H19BrN2O2S/c1-3-9(2)7-19(18)8-13(17)16-12-5-4-10(15)6-11(12)14/h4-6,9H,3,7-8,15H2,1-2H3,(H,16,17). The highest BCUT2D eigenvalue weighted by atomic mass is 79.9. The van der Waals surface area contributed by atoms with Crippen molar-refractivity contribution in [1.29, 1.82) is 0 Å². The van der Waals surface area contributed by atoms with Gasteiger partial charge in [-0.15, -0.1) is 0 Å².